The number of hydrogen-bond acceptors (Lipinski definition) is 5. The van der Waals surface area contributed by atoms with Crippen molar-refractivity contribution < 1.29 is 14.3 Å². The predicted molar refractivity (Wildman–Crippen MR) is 101 cm³/mol. The normalized spacial score (nSPS) is 10.6. The smallest absolute Gasteiger partial charge is 0.339 e. The third-order valence-corrected chi connectivity index (χ3v) is 4.32. The quantitative estimate of drug-likeness (QED) is 0.672. The van der Waals surface area contributed by atoms with Crippen molar-refractivity contribution in [1.82, 2.24) is 15.3 Å². The molecule has 3 rings (SSSR count). The summed E-state index contributed by atoms with van der Waals surface area (Å²) in [5.41, 5.74) is 1.14. The summed E-state index contributed by atoms with van der Waals surface area (Å²) in [6.07, 6.45) is 1.31. The number of carbonyl (C=O) groups excluding carboxylic acids is 2. The second-order valence-corrected chi connectivity index (χ2v) is 6.29. The number of halogens is 1. The van der Waals surface area contributed by atoms with E-state index in [2.05, 4.69) is 15.3 Å². The molecule has 0 saturated heterocycles. The number of hydrogen-bond donors (Lipinski definition) is 2. The zero-order valence-corrected chi connectivity index (χ0v) is 15.4. The van der Waals surface area contributed by atoms with E-state index < -0.39 is 17.3 Å². The molecular formula is C19H16ClN3O4. The zero-order valence-electron chi connectivity index (χ0n) is 14.6. The second-order valence-electron chi connectivity index (χ2n) is 5.85. The summed E-state index contributed by atoms with van der Waals surface area (Å²) in [5, 5.41) is 3.42. The Bertz CT molecular complexity index is 1090. The van der Waals surface area contributed by atoms with E-state index in [4.69, 9.17) is 16.3 Å². The maximum Gasteiger partial charge on any atom is 0.339 e. The number of esters is 1. The predicted octanol–water partition coefficient (Wildman–Crippen LogP) is 2.60. The highest BCUT2D eigenvalue weighted by atomic mass is 35.5. The Balaban J connectivity index is 1.92. The largest absolute Gasteiger partial charge is 0.465 e. The van der Waals surface area contributed by atoms with Gasteiger partial charge >= 0.3 is 5.97 Å². The first-order valence-electron chi connectivity index (χ1n) is 8.04. The highest BCUT2D eigenvalue weighted by molar-refractivity contribution is 6.30. The lowest BCUT2D eigenvalue weighted by molar-refractivity contribution is 0.0599. The van der Waals surface area contributed by atoms with E-state index in [0.717, 1.165) is 5.56 Å². The van der Waals surface area contributed by atoms with E-state index in [1.165, 1.54) is 19.4 Å². The van der Waals surface area contributed by atoms with Crippen molar-refractivity contribution in [3.8, 4) is 0 Å². The molecule has 0 aliphatic rings. The maximum absolute atomic E-state index is 12.7. The molecule has 2 heterocycles. The SMILES string of the molecule is COC(=O)c1cc2c(=O)c(C(=O)NCc3ccc(Cl)cc3)c[nH]c2nc1C. The van der Waals surface area contributed by atoms with E-state index in [1.807, 2.05) is 0 Å². The molecule has 0 unspecified atom stereocenters. The van der Waals surface area contributed by atoms with Crippen LogP contribution < -0.4 is 10.7 Å². The van der Waals surface area contributed by atoms with Gasteiger partial charge in [0.15, 0.2) is 0 Å². The highest BCUT2D eigenvalue weighted by Crippen LogP contribution is 2.14. The number of aromatic nitrogens is 2. The van der Waals surface area contributed by atoms with Crippen LogP contribution in [0.1, 0.15) is 32.0 Å². The molecule has 2 N–H and O–H groups in total. The van der Waals surface area contributed by atoms with Crippen molar-refractivity contribution in [3.63, 3.8) is 0 Å². The van der Waals surface area contributed by atoms with Gasteiger partial charge in [0.25, 0.3) is 5.91 Å². The number of amides is 1. The fourth-order valence-electron chi connectivity index (χ4n) is 2.60. The Kier molecular flexibility index (Phi) is 5.23. The monoisotopic (exact) mass is 385 g/mol. The Morgan fingerprint density at radius 1 is 1.22 bits per heavy atom. The van der Waals surface area contributed by atoms with Gasteiger partial charge in [0.05, 0.1) is 23.8 Å². The van der Waals surface area contributed by atoms with Gasteiger partial charge in [0.2, 0.25) is 5.43 Å². The summed E-state index contributed by atoms with van der Waals surface area (Å²) in [6.45, 7) is 1.88. The fourth-order valence-corrected chi connectivity index (χ4v) is 2.73. The van der Waals surface area contributed by atoms with Crippen molar-refractivity contribution in [1.29, 1.82) is 0 Å². The average Bonchev–Trinajstić information content (AvgIpc) is 2.66. The number of pyridine rings is 2. The maximum atomic E-state index is 12.7. The fraction of sp³-hybridized carbons (Fsp3) is 0.158. The van der Waals surface area contributed by atoms with E-state index >= 15 is 0 Å². The molecule has 0 aliphatic heterocycles. The van der Waals surface area contributed by atoms with Gasteiger partial charge in [-0.05, 0) is 30.7 Å². The molecule has 7 nitrogen and oxygen atoms in total. The van der Waals surface area contributed by atoms with E-state index in [1.54, 1.807) is 31.2 Å². The first-order valence-corrected chi connectivity index (χ1v) is 8.42. The van der Waals surface area contributed by atoms with Gasteiger partial charge < -0.3 is 15.0 Å². The van der Waals surface area contributed by atoms with Crippen LogP contribution in [0.2, 0.25) is 5.02 Å². The number of carbonyl (C=O) groups is 2. The molecule has 2 aromatic heterocycles. The lowest BCUT2D eigenvalue weighted by atomic mass is 10.1. The molecule has 0 atom stereocenters. The number of rotatable bonds is 4. The molecule has 0 saturated carbocycles. The standard InChI is InChI=1S/C19H16ClN3O4/c1-10-13(19(26)27-2)7-14-16(24)15(9-21-17(14)23-10)18(25)22-8-11-3-5-12(20)6-4-11/h3-7,9H,8H2,1-2H3,(H,22,25)(H,21,23,24). The topological polar surface area (TPSA) is 101 Å². The van der Waals surface area contributed by atoms with Crippen LogP contribution in [0.4, 0.5) is 0 Å². The lowest BCUT2D eigenvalue weighted by Crippen LogP contribution is -2.28. The Hall–Kier alpha value is -3.19. The Morgan fingerprint density at radius 2 is 1.93 bits per heavy atom. The number of ether oxygens (including phenoxy) is 1. The minimum absolute atomic E-state index is 0.0714. The number of H-pyrrole nitrogens is 1. The van der Waals surface area contributed by atoms with Crippen LogP contribution in [0.25, 0.3) is 11.0 Å². The molecule has 138 valence electrons. The zero-order chi connectivity index (χ0) is 19.6. The van der Waals surface area contributed by atoms with Crippen molar-refractivity contribution in [2.24, 2.45) is 0 Å². The van der Waals surface area contributed by atoms with Crippen molar-refractivity contribution in [3.05, 3.63) is 74.2 Å². The van der Waals surface area contributed by atoms with Gasteiger partial charge in [0, 0.05) is 17.8 Å². The molecule has 0 radical (unpaired) electrons. The van der Waals surface area contributed by atoms with E-state index in [-0.39, 0.29) is 23.1 Å². The molecule has 0 bridgehead atoms. The molecule has 1 aromatic carbocycles. The summed E-state index contributed by atoms with van der Waals surface area (Å²) < 4.78 is 4.70. The first-order chi connectivity index (χ1) is 12.9. The van der Waals surface area contributed by atoms with E-state index in [0.29, 0.717) is 16.4 Å². The number of nitrogens with one attached hydrogen (secondary N) is 2. The minimum Gasteiger partial charge on any atom is -0.465 e. The summed E-state index contributed by atoms with van der Waals surface area (Å²) in [5.74, 6) is -1.13. The molecular weight excluding hydrogens is 370 g/mol. The van der Waals surface area contributed by atoms with Crippen LogP contribution in [0, 0.1) is 6.92 Å². The molecule has 0 aliphatic carbocycles. The molecule has 0 spiro atoms. The Morgan fingerprint density at radius 3 is 2.59 bits per heavy atom. The van der Waals surface area contributed by atoms with Gasteiger partial charge in [-0.1, -0.05) is 23.7 Å². The number of fused-ring (bicyclic) bond motifs is 1. The summed E-state index contributed by atoms with van der Waals surface area (Å²) in [7, 11) is 1.25. The average molecular weight is 386 g/mol. The third-order valence-electron chi connectivity index (χ3n) is 4.07. The van der Waals surface area contributed by atoms with Crippen LogP contribution in [-0.4, -0.2) is 29.0 Å². The number of aryl methyl sites for hydroxylation is 1. The van der Waals surface area contributed by atoms with Gasteiger partial charge in [-0.25, -0.2) is 9.78 Å². The van der Waals surface area contributed by atoms with Crippen LogP contribution in [-0.2, 0) is 11.3 Å². The van der Waals surface area contributed by atoms with Crippen molar-refractivity contribution in [2.45, 2.75) is 13.5 Å². The molecule has 1 amide bonds. The molecule has 3 aromatic rings. The van der Waals surface area contributed by atoms with E-state index in [9.17, 15) is 14.4 Å². The molecule has 0 fully saturated rings. The van der Waals surface area contributed by atoms with Crippen LogP contribution >= 0.6 is 11.6 Å². The minimum atomic E-state index is -0.598. The van der Waals surface area contributed by atoms with Gasteiger partial charge in [0.1, 0.15) is 11.2 Å². The number of benzene rings is 1. The van der Waals surface area contributed by atoms with Gasteiger partial charge in [-0.15, -0.1) is 0 Å². The van der Waals surface area contributed by atoms with Gasteiger partial charge in [-0.3, -0.25) is 9.59 Å². The van der Waals surface area contributed by atoms with Crippen molar-refractivity contribution >= 4 is 34.5 Å². The second kappa shape index (κ2) is 7.59. The molecule has 8 heteroatoms. The first kappa shape index (κ1) is 18.6. The van der Waals surface area contributed by atoms with Gasteiger partial charge in [-0.2, -0.15) is 0 Å². The summed E-state index contributed by atoms with van der Waals surface area (Å²) >= 11 is 5.83. The molecule has 27 heavy (non-hydrogen) atoms. The van der Waals surface area contributed by atoms with Crippen LogP contribution in [0.5, 0.6) is 0 Å². The lowest BCUT2D eigenvalue weighted by Gasteiger charge is -2.08. The van der Waals surface area contributed by atoms with Crippen LogP contribution in [0.3, 0.4) is 0 Å². The summed E-state index contributed by atoms with van der Waals surface area (Å²) in [4.78, 5) is 44.0. The van der Waals surface area contributed by atoms with Crippen LogP contribution in [0.15, 0.2) is 41.3 Å². The Labute approximate surface area is 159 Å². The van der Waals surface area contributed by atoms with Crippen molar-refractivity contribution in [2.75, 3.05) is 7.11 Å². The number of aromatic amines is 1. The summed E-state index contributed by atoms with van der Waals surface area (Å²) in [6, 6.07) is 8.38. The third kappa shape index (κ3) is 3.83. The number of nitrogens with zero attached hydrogens (tertiary/aromatic N) is 1. The highest BCUT2D eigenvalue weighted by Gasteiger charge is 2.17. The number of methoxy groups -OCH3 is 1.